The first kappa shape index (κ1) is 18.8. The third-order valence-electron chi connectivity index (χ3n) is 3.79. The van der Waals surface area contributed by atoms with Gasteiger partial charge in [-0.2, -0.15) is 0 Å². The van der Waals surface area contributed by atoms with Crippen molar-refractivity contribution in [1.29, 1.82) is 0 Å². The topological polar surface area (TPSA) is 0 Å². The van der Waals surface area contributed by atoms with Crippen molar-refractivity contribution in [3.05, 3.63) is 82.7 Å². The van der Waals surface area contributed by atoms with Crippen LogP contribution in [0.4, 0.5) is 39.5 Å². The average molecular weight is 392 g/mol. The maximum atomic E-state index is 14.3. The van der Waals surface area contributed by atoms with Crippen molar-refractivity contribution in [2.24, 2.45) is 0 Å². The third kappa shape index (κ3) is 2.73. The van der Waals surface area contributed by atoms with Crippen LogP contribution in [0.3, 0.4) is 0 Å². The van der Waals surface area contributed by atoms with Gasteiger partial charge in [0.05, 0.1) is 5.56 Å². The van der Waals surface area contributed by atoms with Crippen LogP contribution in [-0.2, 0) is 0 Å². The Morgan fingerprint density at radius 3 is 1.11 bits per heavy atom. The summed E-state index contributed by atoms with van der Waals surface area (Å²) in [4.78, 5) is 0. The molecule has 0 saturated carbocycles. The van der Waals surface area contributed by atoms with Crippen LogP contribution in [0.15, 0.2) is 30.3 Å². The minimum absolute atomic E-state index is 0.383. The molecule has 0 saturated heterocycles. The number of hydrogen-bond acceptors (Lipinski definition) is 0. The molecule has 0 amide bonds. The Bertz CT molecular complexity index is 1030. The van der Waals surface area contributed by atoms with Crippen molar-refractivity contribution in [3.63, 3.8) is 0 Å². The second-order valence-electron chi connectivity index (χ2n) is 5.32. The lowest BCUT2D eigenvalue weighted by molar-refractivity contribution is 0.379. The van der Waals surface area contributed by atoms with Crippen molar-refractivity contribution < 1.29 is 39.5 Å². The van der Waals surface area contributed by atoms with E-state index in [0.29, 0.717) is 0 Å². The molecule has 3 aromatic carbocycles. The lowest BCUT2D eigenvalue weighted by atomic mass is 9.92. The Balaban J connectivity index is 2.57. The Morgan fingerprint density at radius 2 is 0.667 bits per heavy atom. The molecule has 3 rings (SSSR count). The first-order valence-corrected chi connectivity index (χ1v) is 7.11. The lowest BCUT2D eigenvalue weighted by Crippen LogP contribution is -2.09. The van der Waals surface area contributed by atoms with E-state index in [-0.39, 0.29) is 5.56 Å². The number of rotatable bonds is 2. The monoisotopic (exact) mass is 392 g/mol. The van der Waals surface area contributed by atoms with Crippen LogP contribution in [0.5, 0.6) is 0 Å². The van der Waals surface area contributed by atoms with Crippen molar-refractivity contribution in [1.82, 2.24) is 0 Å². The first-order valence-electron chi connectivity index (χ1n) is 7.11. The highest BCUT2D eigenvalue weighted by Gasteiger charge is 2.34. The fourth-order valence-electron chi connectivity index (χ4n) is 2.57. The zero-order chi connectivity index (χ0) is 20.0. The SMILES string of the molecule is Fc1c(F)c(F)c(-c2c(F)c(F)c(F)c(F)c2-c2ccccc2)c(F)c1F. The van der Waals surface area contributed by atoms with Gasteiger partial charge in [0.1, 0.15) is 0 Å². The highest BCUT2D eigenvalue weighted by Crippen LogP contribution is 2.42. The molecule has 0 aromatic heterocycles. The second kappa shape index (κ2) is 6.64. The van der Waals surface area contributed by atoms with Gasteiger partial charge in [0.25, 0.3) is 0 Å². The predicted molar refractivity (Wildman–Crippen MR) is 76.9 cm³/mol. The summed E-state index contributed by atoms with van der Waals surface area (Å²) in [6.45, 7) is 0. The largest absolute Gasteiger partial charge is 0.203 e. The molecule has 0 unspecified atom stereocenters. The van der Waals surface area contributed by atoms with Gasteiger partial charge < -0.3 is 0 Å². The Kier molecular flexibility index (Phi) is 4.63. The molecule has 0 nitrogen and oxygen atoms in total. The van der Waals surface area contributed by atoms with E-state index >= 15 is 0 Å². The van der Waals surface area contributed by atoms with Crippen LogP contribution in [-0.4, -0.2) is 0 Å². The van der Waals surface area contributed by atoms with E-state index in [4.69, 9.17) is 0 Å². The minimum atomic E-state index is -2.54. The van der Waals surface area contributed by atoms with E-state index in [1.807, 2.05) is 0 Å². The van der Waals surface area contributed by atoms with Crippen LogP contribution < -0.4 is 0 Å². The molecule has 0 heterocycles. The molecule has 0 bridgehead atoms. The molecule has 0 N–H and O–H groups in total. The predicted octanol–water partition coefficient (Wildman–Crippen LogP) is 6.27. The molecular weight excluding hydrogens is 387 g/mol. The fraction of sp³-hybridized carbons (Fsp3) is 0. The van der Waals surface area contributed by atoms with E-state index in [9.17, 15) is 39.5 Å². The van der Waals surface area contributed by atoms with Crippen molar-refractivity contribution >= 4 is 0 Å². The summed E-state index contributed by atoms with van der Waals surface area (Å²) in [6.07, 6.45) is 0. The standard InChI is InChI=1S/C18H5F9/c19-10-7(6-4-2-1-3-5-6)8(11(20)15(24)14(10)23)9-12(21)16(25)18(27)17(26)13(9)22/h1-5H. The van der Waals surface area contributed by atoms with Gasteiger partial charge in [-0.15, -0.1) is 0 Å². The Hall–Kier alpha value is -2.97. The van der Waals surface area contributed by atoms with Crippen LogP contribution in [0.25, 0.3) is 22.3 Å². The maximum absolute atomic E-state index is 14.3. The summed E-state index contributed by atoms with van der Waals surface area (Å²) in [5.41, 5.74) is -5.13. The van der Waals surface area contributed by atoms with Crippen molar-refractivity contribution in [2.75, 3.05) is 0 Å². The summed E-state index contributed by atoms with van der Waals surface area (Å²) < 4.78 is 124. The van der Waals surface area contributed by atoms with E-state index in [1.54, 1.807) is 0 Å². The zero-order valence-corrected chi connectivity index (χ0v) is 12.8. The van der Waals surface area contributed by atoms with Crippen molar-refractivity contribution in [3.8, 4) is 22.3 Å². The van der Waals surface area contributed by atoms with Crippen molar-refractivity contribution in [2.45, 2.75) is 0 Å². The molecule has 0 radical (unpaired) electrons. The number of hydrogen-bond donors (Lipinski definition) is 0. The lowest BCUT2D eigenvalue weighted by Gasteiger charge is -2.16. The fourth-order valence-corrected chi connectivity index (χ4v) is 2.57. The van der Waals surface area contributed by atoms with E-state index in [1.165, 1.54) is 18.2 Å². The van der Waals surface area contributed by atoms with Crippen LogP contribution in [0, 0.1) is 52.4 Å². The van der Waals surface area contributed by atoms with Gasteiger partial charge in [-0.25, -0.2) is 39.5 Å². The molecule has 27 heavy (non-hydrogen) atoms. The molecule has 0 spiro atoms. The molecule has 0 fully saturated rings. The normalized spacial score (nSPS) is 11.1. The quantitative estimate of drug-likeness (QED) is 0.274. The number of halogens is 9. The molecule has 0 atom stereocenters. The summed E-state index contributed by atoms with van der Waals surface area (Å²) in [5.74, 6) is -21.6. The third-order valence-corrected chi connectivity index (χ3v) is 3.79. The molecule has 0 aliphatic carbocycles. The van der Waals surface area contributed by atoms with Gasteiger partial charge in [0.2, 0.25) is 5.82 Å². The van der Waals surface area contributed by atoms with E-state index < -0.39 is 69.0 Å². The summed E-state index contributed by atoms with van der Waals surface area (Å²) in [5, 5.41) is 0. The van der Waals surface area contributed by atoms with Crippen LogP contribution in [0.1, 0.15) is 0 Å². The molecule has 9 heteroatoms. The highest BCUT2D eigenvalue weighted by molar-refractivity contribution is 5.85. The highest BCUT2D eigenvalue weighted by atomic mass is 19.2. The maximum Gasteiger partial charge on any atom is 0.200 e. The Labute approximate surface area is 145 Å². The van der Waals surface area contributed by atoms with Gasteiger partial charge in [0, 0.05) is 11.1 Å². The van der Waals surface area contributed by atoms with Gasteiger partial charge >= 0.3 is 0 Å². The van der Waals surface area contributed by atoms with Crippen LogP contribution >= 0.6 is 0 Å². The smallest absolute Gasteiger partial charge is 0.200 e. The first-order chi connectivity index (χ1) is 12.7. The molecular formula is C18H5F9. The minimum Gasteiger partial charge on any atom is -0.203 e. The summed E-state index contributed by atoms with van der Waals surface area (Å²) in [7, 11) is 0. The summed E-state index contributed by atoms with van der Waals surface area (Å²) >= 11 is 0. The van der Waals surface area contributed by atoms with Gasteiger partial charge in [0.15, 0.2) is 46.5 Å². The van der Waals surface area contributed by atoms with Gasteiger partial charge in [-0.05, 0) is 5.56 Å². The second-order valence-corrected chi connectivity index (χ2v) is 5.32. The Morgan fingerprint density at radius 1 is 0.333 bits per heavy atom. The molecule has 0 aliphatic heterocycles. The van der Waals surface area contributed by atoms with E-state index in [0.717, 1.165) is 12.1 Å². The molecule has 3 aromatic rings. The average Bonchev–Trinajstić information content (AvgIpc) is 2.68. The molecule has 0 aliphatic rings. The van der Waals surface area contributed by atoms with Crippen LogP contribution in [0.2, 0.25) is 0 Å². The summed E-state index contributed by atoms with van der Waals surface area (Å²) in [6, 6.07) is 5.98. The molecule has 140 valence electrons. The van der Waals surface area contributed by atoms with Gasteiger partial charge in [-0.1, -0.05) is 30.3 Å². The number of benzene rings is 3. The van der Waals surface area contributed by atoms with E-state index in [2.05, 4.69) is 0 Å². The van der Waals surface area contributed by atoms with Gasteiger partial charge in [-0.3, -0.25) is 0 Å². The zero-order valence-electron chi connectivity index (χ0n) is 12.8.